The van der Waals surface area contributed by atoms with Crippen molar-refractivity contribution in [3.63, 3.8) is 0 Å². The largest absolute Gasteiger partial charge is 0.361 e. The van der Waals surface area contributed by atoms with E-state index in [0.29, 0.717) is 0 Å². The van der Waals surface area contributed by atoms with Crippen LogP contribution in [0, 0.1) is 0 Å². The van der Waals surface area contributed by atoms with Gasteiger partial charge in [-0.05, 0) is 56.1 Å². The van der Waals surface area contributed by atoms with Crippen LogP contribution in [0.4, 0.5) is 5.82 Å². The number of hydrogen-bond acceptors (Lipinski definition) is 6. The quantitative estimate of drug-likeness (QED) is 0.512. The minimum Gasteiger partial charge on any atom is -0.361 e. The molecule has 3 heterocycles. The average molecular weight is 425 g/mol. The number of rotatable bonds is 9. The van der Waals surface area contributed by atoms with Gasteiger partial charge in [0.25, 0.3) is 0 Å². The zero-order valence-corrected chi connectivity index (χ0v) is 18.8. The van der Waals surface area contributed by atoms with Gasteiger partial charge in [0.15, 0.2) is 0 Å². The van der Waals surface area contributed by atoms with Crippen LogP contribution in [-0.2, 0) is 18.6 Å². The third kappa shape index (κ3) is 4.96. The lowest BCUT2D eigenvalue weighted by atomic mass is 10.1. The van der Waals surface area contributed by atoms with E-state index >= 15 is 0 Å². The Balaban J connectivity index is 1.28. The van der Waals surface area contributed by atoms with Crippen molar-refractivity contribution in [2.24, 2.45) is 0 Å². The van der Waals surface area contributed by atoms with E-state index < -0.39 is 0 Å². The van der Waals surface area contributed by atoms with Crippen molar-refractivity contribution >= 4 is 28.7 Å². The number of fused-ring (bicyclic) bond motifs is 1. The maximum absolute atomic E-state index is 4.54. The molecular weight excluding hydrogens is 392 g/mol. The van der Waals surface area contributed by atoms with Gasteiger partial charge in [-0.1, -0.05) is 24.9 Å². The maximum Gasteiger partial charge on any atom is 0.135 e. The Morgan fingerprint density at radius 3 is 2.83 bits per heavy atom. The van der Waals surface area contributed by atoms with Crippen LogP contribution < -0.4 is 9.62 Å². The second-order valence-corrected chi connectivity index (χ2v) is 8.83. The summed E-state index contributed by atoms with van der Waals surface area (Å²) >= 11 is 1.74. The molecular formula is C23H32N6S. The average Bonchev–Trinajstić information content (AvgIpc) is 3.20. The smallest absolute Gasteiger partial charge is 0.135 e. The van der Waals surface area contributed by atoms with E-state index in [-0.39, 0.29) is 0 Å². The van der Waals surface area contributed by atoms with Crippen molar-refractivity contribution in [3.8, 4) is 0 Å². The Labute approximate surface area is 183 Å². The molecule has 30 heavy (non-hydrogen) atoms. The van der Waals surface area contributed by atoms with E-state index in [4.69, 9.17) is 0 Å². The summed E-state index contributed by atoms with van der Waals surface area (Å²) in [5, 5.41) is 1.38. The molecule has 0 atom stereocenters. The lowest BCUT2D eigenvalue weighted by Gasteiger charge is -2.36. The molecule has 0 saturated carbocycles. The number of aryl methyl sites for hydroxylation is 2. The molecule has 0 amide bonds. The second-order valence-electron chi connectivity index (χ2n) is 7.84. The van der Waals surface area contributed by atoms with Gasteiger partial charge in [-0.25, -0.2) is 9.97 Å². The molecule has 2 aromatic heterocycles. The number of anilines is 1. The van der Waals surface area contributed by atoms with Gasteiger partial charge in [0.1, 0.15) is 12.1 Å². The number of aromatic amines is 1. The summed E-state index contributed by atoms with van der Waals surface area (Å²) in [6.07, 6.45) is 9.12. The van der Waals surface area contributed by atoms with Crippen LogP contribution in [0.2, 0.25) is 0 Å². The minimum atomic E-state index is 0.983. The van der Waals surface area contributed by atoms with Crippen molar-refractivity contribution in [2.45, 2.75) is 31.9 Å². The molecule has 7 heteroatoms. The van der Waals surface area contributed by atoms with Crippen molar-refractivity contribution in [1.29, 1.82) is 0 Å². The van der Waals surface area contributed by atoms with Crippen LogP contribution in [0.1, 0.15) is 30.0 Å². The van der Waals surface area contributed by atoms with Gasteiger partial charge in [-0.15, -0.1) is 0 Å². The van der Waals surface area contributed by atoms with Crippen LogP contribution in [0.5, 0.6) is 0 Å². The van der Waals surface area contributed by atoms with Gasteiger partial charge in [0, 0.05) is 60.8 Å². The topological polar surface area (TPSA) is 60.1 Å². The normalized spacial score (nSPS) is 15.2. The van der Waals surface area contributed by atoms with Gasteiger partial charge in [-0.2, -0.15) is 0 Å². The van der Waals surface area contributed by atoms with E-state index in [1.165, 1.54) is 34.0 Å². The Kier molecular flexibility index (Phi) is 7.25. The fourth-order valence-electron chi connectivity index (χ4n) is 4.24. The highest BCUT2D eigenvalue weighted by Crippen LogP contribution is 2.23. The number of benzene rings is 1. The first-order valence-corrected chi connectivity index (χ1v) is 11.9. The molecule has 1 aromatic carbocycles. The number of aromatic nitrogens is 3. The maximum atomic E-state index is 4.54. The molecule has 160 valence electrons. The van der Waals surface area contributed by atoms with Crippen LogP contribution in [0.3, 0.4) is 0 Å². The van der Waals surface area contributed by atoms with Gasteiger partial charge < -0.3 is 9.88 Å². The van der Waals surface area contributed by atoms with E-state index in [1.54, 1.807) is 18.3 Å². The van der Waals surface area contributed by atoms with Crippen LogP contribution >= 0.6 is 11.9 Å². The summed E-state index contributed by atoms with van der Waals surface area (Å²) in [4.78, 5) is 17.2. The number of piperazine rings is 1. The molecule has 3 aromatic rings. The van der Waals surface area contributed by atoms with Crippen LogP contribution in [0.15, 0.2) is 36.9 Å². The van der Waals surface area contributed by atoms with Crippen molar-refractivity contribution < 1.29 is 0 Å². The van der Waals surface area contributed by atoms with E-state index in [9.17, 15) is 0 Å². The highest BCUT2D eigenvalue weighted by atomic mass is 32.2. The first kappa shape index (κ1) is 21.2. The fraction of sp³-hybridized carbons (Fsp3) is 0.478. The summed E-state index contributed by atoms with van der Waals surface area (Å²) in [7, 11) is 1.97. The van der Waals surface area contributed by atoms with Crippen LogP contribution in [0.25, 0.3) is 10.9 Å². The van der Waals surface area contributed by atoms with Gasteiger partial charge in [-0.3, -0.25) is 9.62 Å². The lowest BCUT2D eigenvalue weighted by Crippen LogP contribution is -2.47. The second kappa shape index (κ2) is 10.3. The molecule has 0 spiro atoms. The summed E-state index contributed by atoms with van der Waals surface area (Å²) in [5.74, 6) is 2.12. The van der Waals surface area contributed by atoms with E-state index in [0.717, 1.165) is 57.1 Å². The Hall–Kier alpha value is -2.09. The Morgan fingerprint density at radius 1 is 1.17 bits per heavy atom. The Bertz CT molecular complexity index is 948. The van der Waals surface area contributed by atoms with E-state index in [1.807, 2.05) is 13.2 Å². The lowest BCUT2D eigenvalue weighted by molar-refractivity contribution is 0.254. The fourth-order valence-corrected chi connectivity index (χ4v) is 4.73. The van der Waals surface area contributed by atoms with Gasteiger partial charge in [0.05, 0.1) is 0 Å². The number of H-pyrrole nitrogens is 1. The predicted octanol–water partition coefficient (Wildman–Crippen LogP) is 3.64. The summed E-state index contributed by atoms with van der Waals surface area (Å²) in [6.45, 7) is 7.62. The number of hydrogen-bond donors (Lipinski definition) is 2. The SMILES string of the molecule is CCc1cncnc1N1CCN(CCCc2c[nH]c3ccc(CSNC)cc23)CC1. The van der Waals surface area contributed by atoms with Crippen LogP contribution in [-0.4, -0.2) is 59.6 Å². The van der Waals surface area contributed by atoms with Crippen molar-refractivity contribution in [3.05, 3.63) is 53.6 Å². The minimum absolute atomic E-state index is 0.983. The van der Waals surface area contributed by atoms with Gasteiger partial charge >= 0.3 is 0 Å². The number of nitrogens with zero attached hydrogens (tertiary/aromatic N) is 4. The molecule has 6 nitrogen and oxygen atoms in total. The van der Waals surface area contributed by atoms with Crippen molar-refractivity contribution in [1.82, 2.24) is 24.6 Å². The zero-order valence-electron chi connectivity index (χ0n) is 18.0. The molecule has 1 saturated heterocycles. The third-order valence-electron chi connectivity index (χ3n) is 5.95. The molecule has 2 N–H and O–H groups in total. The number of nitrogens with one attached hydrogen (secondary N) is 2. The highest BCUT2D eigenvalue weighted by Gasteiger charge is 2.19. The standard InChI is InChI=1S/C23H32N6S/c1-3-19-14-25-17-27-23(19)29-11-9-28(10-12-29)8-4-5-20-15-26-22-7-6-18(13-21(20)22)16-30-24-2/h6-7,13-15,17,24,26H,3-5,8-12,16H2,1-2H3. The zero-order chi connectivity index (χ0) is 20.8. The molecule has 0 radical (unpaired) electrons. The first-order chi connectivity index (χ1) is 14.8. The first-order valence-electron chi connectivity index (χ1n) is 10.9. The molecule has 1 aliphatic heterocycles. The summed E-state index contributed by atoms with van der Waals surface area (Å²) in [6, 6.07) is 6.77. The van der Waals surface area contributed by atoms with Crippen molar-refractivity contribution in [2.75, 3.05) is 44.7 Å². The molecule has 4 rings (SSSR count). The molecule has 0 aliphatic carbocycles. The predicted molar refractivity (Wildman–Crippen MR) is 127 cm³/mol. The highest BCUT2D eigenvalue weighted by molar-refractivity contribution is 7.96. The molecule has 1 fully saturated rings. The summed E-state index contributed by atoms with van der Waals surface area (Å²) in [5.41, 5.74) is 5.30. The van der Waals surface area contributed by atoms with Gasteiger partial charge in [0.2, 0.25) is 0 Å². The molecule has 0 bridgehead atoms. The Morgan fingerprint density at radius 2 is 2.03 bits per heavy atom. The summed E-state index contributed by atoms with van der Waals surface area (Å²) < 4.78 is 3.16. The third-order valence-corrected chi connectivity index (χ3v) is 6.72. The molecule has 1 aliphatic rings. The monoisotopic (exact) mass is 424 g/mol. The van der Waals surface area contributed by atoms with E-state index in [2.05, 4.69) is 60.8 Å². The molecule has 0 unspecified atom stereocenters.